The van der Waals surface area contributed by atoms with E-state index in [2.05, 4.69) is 36.3 Å². The predicted octanol–water partition coefficient (Wildman–Crippen LogP) is 3.41. The summed E-state index contributed by atoms with van der Waals surface area (Å²) in [5.74, 6) is 1.53. The van der Waals surface area contributed by atoms with Gasteiger partial charge in [0.15, 0.2) is 0 Å². The van der Waals surface area contributed by atoms with Gasteiger partial charge < -0.3 is 14.6 Å². The van der Waals surface area contributed by atoms with Gasteiger partial charge in [-0.05, 0) is 49.6 Å². The van der Waals surface area contributed by atoms with Crippen LogP contribution in [-0.2, 0) is 6.54 Å². The van der Waals surface area contributed by atoms with Crippen LogP contribution in [0.25, 0.3) is 0 Å². The summed E-state index contributed by atoms with van der Waals surface area (Å²) >= 11 is 1.74. The van der Waals surface area contributed by atoms with Crippen molar-refractivity contribution in [2.45, 2.75) is 32.5 Å². The summed E-state index contributed by atoms with van der Waals surface area (Å²) < 4.78 is 10.8. The van der Waals surface area contributed by atoms with Gasteiger partial charge in [-0.25, -0.2) is 0 Å². The van der Waals surface area contributed by atoms with Gasteiger partial charge in [0.1, 0.15) is 24.2 Å². The first-order valence-electron chi connectivity index (χ1n) is 7.80. The van der Waals surface area contributed by atoms with Crippen LogP contribution in [0.4, 0.5) is 0 Å². The van der Waals surface area contributed by atoms with E-state index in [0.29, 0.717) is 12.6 Å². The third-order valence-electron chi connectivity index (χ3n) is 3.62. The lowest BCUT2D eigenvalue weighted by Crippen LogP contribution is -2.39. The molecule has 0 aliphatic rings. The highest BCUT2D eigenvalue weighted by Crippen LogP contribution is 2.18. The molecule has 1 N–H and O–H groups in total. The van der Waals surface area contributed by atoms with Crippen LogP contribution < -0.4 is 9.47 Å². The summed E-state index contributed by atoms with van der Waals surface area (Å²) in [7, 11) is 1.63. The average Bonchev–Trinajstić information content (AvgIpc) is 3.06. The number of benzene rings is 1. The molecule has 0 amide bonds. The van der Waals surface area contributed by atoms with Crippen LogP contribution in [-0.4, -0.2) is 42.4 Å². The molecular weight excluding hydrogens is 310 g/mol. The molecule has 0 bridgehead atoms. The molecule has 0 fully saturated rings. The van der Waals surface area contributed by atoms with Crippen molar-refractivity contribution in [1.29, 1.82) is 0 Å². The molecule has 23 heavy (non-hydrogen) atoms. The van der Waals surface area contributed by atoms with E-state index >= 15 is 0 Å². The number of nitrogens with zero attached hydrogens (tertiary/aromatic N) is 1. The zero-order valence-electron chi connectivity index (χ0n) is 13.9. The first-order valence-corrected chi connectivity index (χ1v) is 8.67. The Labute approximate surface area is 142 Å². The fourth-order valence-corrected chi connectivity index (χ4v) is 2.98. The van der Waals surface area contributed by atoms with Crippen LogP contribution in [0.15, 0.2) is 41.8 Å². The Morgan fingerprint density at radius 1 is 1.13 bits per heavy atom. The monoisotopic (exact) mass is 335 g/mol. The summed E-state index contributed by atoms with van der Waals surface area (Å²) in [6.07, 6.45) is -0.528. The highest BCUT2D eigenvalue weighted by molar-refractivity contribution is 7.09. The van der Waals surface area contributed by atoms with Gasteiger partial charge in [-0.2, -0.15) is 0 Å². The smallest absolute Gasteiger partial charge is 0.119 e. The molecule has 126 valence electrons. The number of methoxy groups -OCH3 is 1. The Hall–Kier alpha value is -1.56. The van der Waals surface area contributed by atoms with E-state index in [0.717, 1.165) is 18.0 Å². The maximum absolute atomic E-state index is 10.3. The molecule has 2 aromatic rings. The van der Waals surface area contributed by atoms with Crippen molar-refractivity contribution in [2.75, 3.05) is 20.3 Å². The van der Waals surface area contributed by atoms with Crippen LogP contribution in [0.2, 0.25) is 0 Å². The minimum Gasteiger partial charge on any atom is -0.497 e. The second-order valence-corrected chi connectivity index (χ2v) is 6.78. The normalized spacial score (nSPS) is 12.6. The van der Waals surface area contributed by atoms with Crippen molar-refractivity contribution in [2.24, 2.45) is 0 Å². The van der Waals surface area contributed by atoms with Crippen LogP contribution in [0.1, 0.15) is 18.7 Å². The quantitative estimate of drug-likeness (QED) is 0.762. The Balaban J connectivity index is 1.82. The second kappa shape index (κ2) is 8.91. The van der Waals surface area contributed by atoms with Gasteiger partial charge in [0.05, 0.1) is 7.11 Å². The highest BCUT2D eigenvalue weighted by Gasteiger charge is 2.16. The van der Waals surface area contributed by atoms with E-state index in [1.54, 1.807) is 18.4 Å². The maximum Gasteiger partial charge on any atom is 0.119 e. The molecule has 0 unspecified atom stereocenters. The molecule has 0 saturated heterocycles. The first-order chi connectivity index (χ1) is 11.1. The van der Waals surface area contributed by atoms with Gasteiger partial charge in [-0.15, -0.1) is 11.3 Å². The molecule has 1 aromatic carbocycles. The van der Waals surface area contributed by atoms with Crippen molar-refractivity contribution in [3.05, 3.63) is 46.7 Å². The third-order valence-corrected chi connectivity index (χ3v) is 4.48. The molecule has 1 aromatic heterocycles. The second-order valence-electron chi connectivity index (χ2n) is 5.74. The SMILES string of the molecule is COc1ccc(OC[C@@H](O)CN(Cc2cccs2)C(C)C)cc1. The van der Waals surface area contributed by atoms with Crippen LogP contribution in [0.3, 0.4) is 0 Å². The molecular formula is C18H25NO3S. The van der Waals surface area contributed by atoms with E-state index in [9.17, 15) is 5.11 Å². The number of rotatable bonds is 9. The summed E-state index contributed by atoms with van der Waals surface area (Å²) in [5, 5.41) is 12.4. The molecule has 5 heteroatoms. The largest absolute Gasteiger partial charge is 0.497 e. The van der Waals surface area contributed by atoms with Crippen LogP contribution >= 0.6 is 11.3 Å². The van der Waals surface area contributed by atoms with Crippen molar-refractivity contribution in [3.8, 4) is 11.5 Å². The Morgan fingerprint density at radius 3 is 2.39 bits per heavy atom. The third kappa shape index (κ3) is 5.86. The van der Waals surface area contributed by atoms with E-state index in [-0.39, 0.29) is 6.61 Å². The number of aliphatic hydroxyl groups is 1. The van der Waals surface area contributed by atoms with Gasteiger partial charge in [0.25, 0.3) is 0 Å². The zero-order chi connectivity index (χ0) is 16.7. The lowest BCUT2D eigenvalue weighted by Gasteiger charge is -2.28. The first kappa shape index (κ1) is 17.8. The van der Waals surface area contributed by atoms with E-state index in [4.69, 9.17) is 9.47 Å². The number of hydrogen-bond donors (Lipinski definition) is 1. The molecule has 0 radical (unpaired) electrons. The van der Waals surface area contributed by atoms with E-state index in [1.165, 1.54) is 4.88 Å². The Kier molecular flexibility index (Phi) is 6.89. The highest BCUT2D eigenvalue weighted by atomic mass is 32.1. The molecule has 0 aliphatic carbocycles. The van der Waals surface area contributed by atoms with Crippen LogP contribution in [0, 0.1) is 0 Å². The summed E-state index contributed by atoms with van der Waals surface area (Å²) in [6.45, 7) is 6.01. The Morgan fingerprint density at radius 2 is 1.83 bits per heavy atom. The van der Waals surface area contributed by atoms with Gasteiger partial charge >= 0.3 is 0 Å². The molecule has 0 aliphatic heterocycles. The summed E-state index contributed by atoms with van der Waals surface area (Å²) in [4.78, 5) is 3.57. The molecule has 2 rings (SSSR count). The molecule has 1 heterocycles. The van der Waals surface area contributed by atoms with E-state index < -0.39 is 6.10 Å². The maximum atomic E-state index is 10.3. The molecule has 0 saturated carbocycles. The lowest BCUT2D eigenvalue weighted by atomic mass is 10.2. The fourth-order valence-electron chi connectivity index (χ4n) is 2.25. The van der Waals surface area contributed by atoms with Crippen molar-refractivity contribution in [3.63, 3.8) is 0 Å². The van der Waals surface area contributed by atoms with Crippen molar-refractivity contribution in [1.82, 2.24) is 4.90 Å². The van der Waals surface area contributed by atoms with Crippen molar-refractivity contribution >= 4 is 11.3 Å². The van der Waals surface area contributed by atoms with Gasteiger partial charge in [-0.3, -0.25) is 4.90 Å². The topological polar surface area (TPSA) is 41.9 Å². The zero-order valence-corrected chi connectivity index (χ0v) is 14.8. The standard InChI is InChI=1S/C18H25NO3S/c1-14(2)19(12-18-5-4-10-23-18)11-15(20)13-22-17-8-6-16(21-3)7-9-17/h4-10,14-15,20H,11-13H2,1-3H3/t15-/m0/s1. The molecule has 1 atom stereocenters. The number of thiophene rings is 1. The minimum absolute atomic E-state index is 0.278. The van der Waals surface area contributed by atoms with E-state index in [1.807, 2.05) is 24.3 Å². The molecule has 4 nitrogen and oxygen atoms in total. The average molecular weight is 335 g/mol. The molecule has 0 spiro atoms. The number of ether oxygens (including phenoxy) is 2. The van der Waals surface area contributed by atoms with Gasteiger partial charge in [0, 0.05) is 24.0 Å². The number of hydrogen-bond acceptors (Lipinski definition) is 5. The van der Waals surface area contributed by atoms with Gasteiger partial charge in [0.2, 0.25) is 0 Å². The Bertz CT molecular complexity index is 554. The van der Waals surface area contributed by atoms with Gasteiger partial charge in [-0.1, -0.05) is 6.07 Å². The number of aliphatic hydroxyl groups excluding tert-OH is 1. The predicted molar refractivity (Wildman–Crippen MR) is 94.4 cm³/mol. The lowest BCUT2D eigenvalue weighted by molar-refractivity contribution is 0.0547. The van der Waals surface area contributed by atoms with Crippen molar-refractivity contribution < 1.29 is 14.6 Å². The minimum atomic E-state index is -0.528. The fraction of sp³-hybridized carbons (Fsp3) is 0.444. The summed E-state index contributed by atoms with van der Waals surface area (Å²) in [6, 6.07) is 11.9. The summed E-state index contributed by atoms with van der Waals surface area (Å²) in [5.41, 5.74) is 0. The van der Waals surface area contributed by atoms with Crippen LogP contribution in [0.5, 0.6) is 11.5 Å².